The number of hydrogen-bond donors (Lipinski definition) is 5. The summed E-state index contributed by atoms with van der Waals surface area (Å²) >= 11 is 0. The van der Waals surface area contributed by atoms with Crippen molar-refractivity contribution in [2.24, 2.45) is 0 Å². The average molecular weight is 609 g/mol. The molecule has 0 bridgehead atoms. The molecule has 7 rings (SSSR count). The summed E-state index contributed by atoms with van der Waals surface area (Å²) in [5.74, 6) is -0.000900. The van der Waals surface area contributed by atoms with Crippen molar-refractivity contribution in [1.29, 1.82) is 0 Å². The number of aromatic hydroxyl groups is 1. The van der Waals surface area contributed by atoms with Crippen LogP contribution in [0.5, 0.6) is 11.5 Å². The fourth-order valence-electron chi connectivity index (χ4n) is 8.24. The first-order valence-electron chi connectivity index (χ1n) is 16.1. The molecule has 0 spiro atoms. The van der Waals surface area contributed by atoms with Gasteiger partial charge in [0.15, 0.2) is 22.4 Å². The molecule has 0 unspecified atom stereocenters. The maximum atomic E-state index is 14.1. The summed E-state index contributed by atoms with van der Waals surface area (Å²) < 4.78 is 5.82. The van der Waals surface area contributed by atoms with Gasteiger partial charge in [0, 0.05) is 33.8 Å². The first kappa shape index (κ1) is 29.6. The molecule has 5 N–H and O–H groups in total. The number of methoxy groups -OCH3 is 1. The molecule has 0 saturated carbocycles. The lowest BCUT2D eigenvalue weighted by Crippen LogP contribution is -2.48. The molecule has 5 aromatic rings. The van der Waals surface area contributed by atoms with E-state index in [0.717, 1.165) is 77.4 Å². The Hall–Kier alpha value is -4.14. The van der Waals surface area contributed by atoms with E-state index in [4.69, 9.17) is 4.74 Å². The van der Waals surface area contributed by atoms with E-state index in [1.54, 1.807) is 0 Å². The van der Waals surface area contributed by atoms with Crippen LogP contribution in [0.3, 0.4) is 0 Å². The van der Waals surface area contributed by atoms with Crippen LogP contribution in [-0.4, -0.2) is 34.5 Å². The molecule has 0 atom stereocenters. The molecule has 0 radical (unpaired) electrons. The minimum atomic E-state index is -0.423. The third kappa shape index (κ3) is 4.04. The monoisotopic (exact) mass is 608 g/mol. The minimum Gasteiger partial charge on any atom is -0.504 e. The molecule has 0 amide bonds. The van der Waals surface area contributed by atoms with E-state index in [-0.39, 0.29) is 27.9 Å². The van der Waals surface area contributed by atoms with E-state index in [2.05, 4.69) is 30.6 Å². The van der Waals surface area contributed by atoms with E-state index >= 15 is 0 Å². The summed E-state index contributed by atoms with van der Waals surface area (Å²) in [6.07, 6.45) is 8.85. The molecular formula is C37H40N2O6. The predicted octanol–water partition coefficient (Wildman–Crippen LogP) is 6.51. The van der Waals surface area contributed by atoms with Crippen molar-refractivity contribution >= 4 is 60.5 Å². The zero-order valence-electron chi connectivity index (χ0n) is 26.4. The van der Waals surface area contributed by atoms with Crippen molar-refractivity contribution in [3.8, 4) is 11.5 Å². The largest absolute Gasteiger partial charge is 0.504 e. The van der Waals surface area contributed by atoms with Gasteiger partial charge in [0.2, 0.25) is 0 Å². The number of ether oxygens (including phenoxy) is 1. The number of phenols is 1. The van der Waals surface area contributed by atoms with Crippen LogP contribution in [-0.2, 0) is 19.6 Å². The van der Waals surface area contributed by atoms with Gasteiger partial charge in [-0.05, 0) is 65.6 Å². The lowest BCUT2D eigenvalue weighted by atomic mass is 9.79. The number of nitrogens with one attached hydrogen (secondary N) is 2. The second-order valence-electron chi connectivity index (χ2n) is 13.0. The highest BCUT2D eigenvalue weighted by molar-refractivity contribution is 6.39. The van der Waals surface area contributed by atoms with Gasteiger partial charge in [0.25, 0.3) is 0 Å². The normalized spacial score (nSPS) is 15.5. The lowest BCUT2D eigenvalue weighted by Gasteiger charge is -2.42. The maximum absolute atomic E-state index is 14.1. The van der Waals surface area contributed by atoms with Crippen molar-refractivity contribution in [3.63, 3.8) is 0 Å². The molecule has 0 saturated heterocycles. The standard InChI is InChI=1S/C37H40N2O6/c1-5-7-9-37(10-8-6-2)17-38-34-29-23(42)13-19(15-40)25-26-20(16-41)14-24(43)30-32(26)28-22(36(45-4)35(30)44)12-18(3)11-21(33(34)39-37)27(28)31(25)29/h11,13-14,38-41,44H,5-10,12,15-17H2,1-4H3. The number of unbranched alkanes of at least 4 members (excludes halogenated alkanes) is 2. The second kappa shape index (κ2) is 10.7. The highest BCUT2D eigenvalue weighted by Gasteiger charge is 2.38. The number of benzene rings is 5. The molecule has 1 heterocycles. The summed E-state index contributed by atoms with van der Waals surface area (Å²) in [5.41, 5.74) is 4.25. The van der Waals surface area contributed by atoms with Gasteiger partial charge in [-0.2, -0.15) is 0 Å². The van der Waals surface area contributed by atoms with E-state index in [1.807, 2.05) is 6.92 Å². The van der Waals surface area contributed by atoms with Crippen LogP contribution in [0, 0.1) is 0 Å². The molecule has 45 heavy (non-hydrogen) atoms. The summed E-state index contributed by atoms with van der Waals surface area (Å²) in [7, 11) is 1.49. The zero-order chi connectivity index (χ0) is 31.8. The fourth-order valence-corrected chi connectivity index (χ4v) is 8.24. The number of aliphatic hydroxyl groups excluding tert-OH is 2. The van der Waals surface area contributed by atoms with Crippen molar-refractivity contribution in [3.05, 3.63) is 60.4 Å². The Kier molecular flexibility index (Phi) is 7.06. The number of aliphatic hydroxyl groups is 2. The number of phenolic OH excluding ortho intramolecular Hbond substituents is 1. The first-order valence-corrected chi connectivity index (χ1v) is 16.1. The van der Waals surface area contributed by atoms with Crippen molar-refractivity contribution in [1.82, 2.24) is 0 Å². The smallest absolute Gasteiger partial charge is 0.190 e. The lowest BCUT2D eigenvalue weighted by molar-refractivity contribution is 0.282. The van der Waals surface area contributed by atoms with Crippen LogP contribution < -0.4 is 26.2 Å². The van der Waals surface area contributed by atoms with Crippen LogP contribution in [0.1, 0.15) is 81.5 Å². The SMILES string of the molecule is CCCCC1(CCCC)CNc2c(c3c4c5c(c(OC)c(O)c6c(=O)cc(CO)c(c7c(CO)cc(=O)c2c74)c65)CC(C)=C3)N1. The maximum Gasteiger partial charge on any atom is 0.190 e. The van der Waals surface area contributed by atoms with Gasteiger partial charge < -0.3 is 30.7 Å². The highest BCUT2D eigenvalue weighted by atomic mass is 16.5. The Bertz CT molecular complexity index is 2160. The molecule has 1 aliphatic carbocycles. The third-order valence-electron chi connectivity index (χ3n) is 10.2. The summed E-state index contributed by atoms with van der Waals surface area (Å²) in [6.45, 7) is 6.29. The van der Waals surface area contributed by atoms with Gasteiger partial charge in [0.1, 0.15) is 0 Å². The zero-order valence-corrected chi connectivity index (χ0v) is 26.4. The summed E-state index contributed by atoms with van der Waals surface area (Å²) in [5, 5.41) is 45.1. The molecule has 8 heteroatoms. The minimum absolute atomic E-state index is 0.112. The quantitative estimate of drug-likeness (QED) is 0.0947. The van der Waals surface area contributed by atoms with Gasteiger partial charge >= 0.3 is 0 Å². The molecule has 0 aromatic heterocycles. The Labute approximate surface area is 261 Å². The van der Waals surface area contributed by atoms with Gasteiger partial charge in [-0.1, -0.05) is 51.2 Å². The number of hydrogen-bond acceptors (Lipinski definition) is 8. The van der Waals surface area contributed by atoms with Crippen LogP contribution in [0.25, 0.3) is 49.2 Å². The van der Waals surface area contributed by atoms with E-state index in [0.29, 0.717) is 51.0 Å². The Morgan fingerprint density at radius 2 is 1.42 bits per heavy atom. The number of rotatable bonds is 9. The third-order valence-corrected chi connectivity index (χ3v) is 10.2. The van der Waals surface area contributed by atoms with E-state index in [1.165, 1.54) is 19.2 Å². The van der Waals surface area contributed by atoms with Crippen LogP contribution >= 0.6 is 0 Å². The molecule has 234 valence electrons. The topological polar surface area (TPSA) is 128 Å². The molecule has 8 nitrogen and oxygen atoms in total. The number of anilines is 2. The van der Waals surface area contributed by atoms with E-state index < -0.39 is 18.6 Å². The van der Waals surface area contributed by atoms with Gasteiger partial charge in [-0.25, -0.2) is 0 Å². The second-order valence-corrected chi connectivity index (χ2v) is 13.0. The molecule has 5 aromatic carbocycles. The molecule has 1 aliphatic heterocycles. The fraction of sp³-hybridized carbons (Fsp3) is 0.405. The van der Waals surface area contributed by atoms with E-state index in [9.17, 15) is 24.9 Å². The van der Waals surface area contributed by atoms with Crippen molar-refractivity contribution in [2.45, 2.75) is 84.5 Å². The molecule has 0 fully saturated rings. The summed E-state index contributed by atoms with van der Waals surface area (Å²) in [6, 6.07) is 2.83. The van der Waals surface area contributed by atoms with Gasteiger partial charge in [0.05, 0.1) is 48.0 Å². The van der Waals surface area contributed by atoms with Crippen molar-refractivity contribution in [2.75, 3.05) is 24.3 Å². The van der Waals surface area contributed by atoms with Crippen LogP contribution in [0.2, 0.25) is 0 Å². The van der Waals surface area contributed by atoms with Gasteiger partial charge in [-0.3, -0.25) is 9.59 Å². The average Bonchev–Trinajstić information content (AvgIpc) is 3.19. The van der Waals surface area contributed by atoms with Gasteiger partial charge in [-0.15, -0.1) is 0 Å². The molecule has 2 aliphatic rings. The Balaban J connectivity index is 1.79. The number of allylic oxidation sites excluding steroid dienone is 1. The Morgan fingerprint density at radius 3 is 2.00 bits per heavy atom. The summed E-state index contributed by atoms with van der Waals surface area (Å²) in [4.78, 5) is 27.8. The Morgan fingerprint density at radius 1 is 0.822 bits per heavy atom. The molecular weight excluding hydrogens is 568 g/mol. The van der Waals surface area contributed by atoms with Crippen LogP contribution in [0.15, 0.2) is 27.3 Å². The predicted molar refractivity (Wildman–Crippen MR) is 183 cm³/mol. The highest BCUT2D eigenvalue weighted by Crippen LogP contribution is 2.55. The number of fused-ring (bicyclic) bond motifs is 4. The van der Waals surface area contributed by atoms with Crippen LogP contribution in [0.4, 0.5) is 11.4 Å². The first-order chi connectivity index (χ1) is 21.7. The van der Waals surface area contributed by atoms with Crippen molar-refractivity contribution < 1.29 is 20.1 Å².